The zero-order chi connectivity index (χ0) is 13.3. The summed E-state index contributed by atoms with van der Waals surface area (Å²) in [6.45, 7) is 0.842. The SMILES string of the molecule is CO[C@H]1CCN(C(=O)c2cc(C(F)(F)F)[nH]n2)C1. The van der Waals surface area contributed by atoms with Gasteiger partial charge in [-0.2, -0.15) is 18.3 Å². The van der Waals surface area contributed by atoms with Gasteiger partial charge < -0.3 is 9.64 Å². The summed E-state index contributed by atoms with van der Waals surface area (Å²) < 4.78 is 42.1. The fourth-order valence-electron chi connectivity index (χ4n) is 1.84. The number of methoxy groups -OCH3 is 1. The first-order chi connectivity index (χ1) is 8.41. The number of aromatic amines is 1. The van der Waals surface area contributed by atoms with E-state index in [1.54, 1.807) is 0 Å². The minimum absolute atomic E-state index is 0.0602. The number of hydrogen-bond donors (Lipinski definition) is 1. The van der Waals surface area contributed by atoms with E-state index in [0.29, 0.717) is 19.5 Å². The minimum atomic E-state index is -4.52. The number of hydrogen-bond acceptors (Lipinski definition) is 3. The molecule has 1 aliphatic heterocycles. The highest BCUT2D eigenvalue weighted by Crippen LogP contribution is 2.28. The first kappa shape index (κ1) is 12.9. The number of amides is 1. The number of ether oxygens (including phenoxy) is 1. The van der Waals surface area contributed by atoms with Gasteiger partial charge >= 0.3 is 6.18 Å². The van der Waals surface area contributed by atoms with Gasteiger partial charge in [-0.3, -0.25) is 9.89 Å². The van der Waals surface area contributed by atoms with Crippen LogP contribution in [0.2, 0.25) is 0 Å². The molecule has 1 N–H and O–H groups in total. The monoisotopic (exact) mass is 263 g/mol. The van der Waals surface area contributed by atoms with Crippen LogP contribution in [0.3, 0.4) is 0 Å². The second kappa shape index (κ2) is 4.60. The number of alkyl halides is 3. The first-order valence-electron chi connectivity index (χ1n) is 5.36. The topological polar surface area (TPSA) is 58.2 Å². The van der Waals surface area contributed by atoms with Crippen molar-refractivity contribution < 1.29 is 22.7 Å². The zero-order valence-electron chi connectivity index (χ0n) is 9.62. The second-order valence-corrected chi connectivity index (χ2v) is 4.06. The standard InChI is InChI=1S/C10H12F3N3O2/c1-18-6-2-3-16(5-6)9(17)7-4-8(15-14-7)10(11,12)13/h4,6H,2-3,5H2,1H3,(H,14,15)/t6-/m0/s1. The Labute approximate surface area is 101 Å². The highest BCUT2D eigenvalue weighted by atomic mass is 19.4. The lowest BCUT2D eigenvalue weighted by atomic mass is 10.3. The lowest BCUT2D eigenvalue weighted by molar-refractivity contribution is -0.141. The van der Waals surface area contributed by atoms with Crippen LogP contribution < -0.4 is 0 Å². The van der Waals surface area contributed by atoms with E-state index in [2.05, 4.69) is 5.10 Å². The van der Waals surface area contributed by atoms with Gasteiger partial charge in [-0.15, -0.1) is 0 Å². The molecule has 0 aliphatic carbocycles. The van der Waals surface area contributed by atoms with Crippen LogP contribution in [0, 0.1) is 0 Å². The van der Waals surface area contributed by atoms with Gasteiger partial charge in [0.1, 0.15) is 5.69 Å². The summed E-state index contributed by atoms with van der Waals surface area (Å²) in [6.07, 6.45) is -3.90. The fourth-order valence-corrected chi connectivity index (χ4v) is 1.84. The molecule has 1 aromatic heterocycles. The Morgan fingerprint density at radius 3 is 2.83 bits per heavy atom. The van der Waals surface area contributed by atoms with Gasteiger partial charge in [-0.05, 0) is 6.42 Å². The molecule has 0 bridgehead atoms. The number of likely N-dealkylation sites (tertiary alicyclic amines) is 1. The van der Waals surface area contributed by atoms with Crippen LogP contribution in [0.1, 0.15) is 22.6 Å². The summed E-state index contributed by atoms with van der Waals surface area (Å²) in [7, 11) is 1.54. The van der Waals surface area contributed by atoms with E-state index in [1.807, 2.05) is 5.10 Å². The number of aromatic nitrogens is 2. The summed E-state index contributed by atoms with van der Waals surface area (Å²) >= 11 is 0. The maximum atomic E-state index is 12.3. The van der Waals surface area contributed by atoms with Gasteiger partial charge in [0.25, 0.3) is 5.91 Å². The van der Waals surface area contributed by atoms with Crippen molar-refractivity contribution in [1.29, 1.82) is 0 Å². The van der Waals surface area contributed by atoms with E-state index in [4.69, 9.17) is 4.74 Å². The highest BCUT2D eigenvalue weighted by Gasteiger charge is 2.35. The lowest BCUT2D eigenvalue weighted by Gasteiger charge is -2.14. The number of nitrogens with zero attached hydrogens (tertiary/aromatic N) is 2. The Hall–Kier alpha value is -1.57. The summed E-state index contributed by atoms with van der Waals surface area (Å²) in [4.78, 5) is 13.3. The van der Waals surface area contributed by atoms with E-state index in [0.717, 1.165) is 6.07 Å². The summed E-state index contributed by atoms with van der Waals surface area (Å²) in [5, 5.41) is 5.22. The molecule has 2 rings (SSSR count). The average molecular weight is 263 g/mol. The van der Waals surface area contributed by atoms with Gasteiger partial charge in [0.15, 0.2) is 5.69 Å². The maximum absolute atomic E-state index is 12.3. The molecular formula is C10H12F3N3O2. The Morgan fingerprint density at radius 2 is 2.33 bits per heavy atom. The smallest absolute Gasteiger partial charge is 0.380 e. The minimum Gasteiger partial charge on any atom is -0.380 e. The maximum Gasteiger partial charge on any atom is 0.432 e. The average Bonchev–Trinajstić information content (AvgIpc) is 2.96. The Morgan fingerprint density at radius 1 is 1.61 bits per heavy atom. The molecular weight excluding hydrogens is 251 g/mol. The quantitative estimate of drug-likeness (QED) is 0.874. The van der Waals surface area contributed by atoms with E-state index in [-0.39, 0.29) is 11.8 Å². The Balaban J connectivity index is 2.08. The third kappa shape index (κ3) is 2.47. The summed E-state index contributed by atoms with van der Waals surface area (Å²) in [5.74, 6) is -0.513. The predicted molar refractivity (Wildman–Crippen MR) is 54.9 cm³/mol. The van der Waals surface area contributed by atoms with Gasteiger partial charge in [-0.25, -0.2) is 0 Å². The van der Waals surface area contributed by atoms with Crippen molar-refractivity contribution in [3.05, 3.63) is 17.5 Å². The van der Waals surface area contributed by atoms with Crippen LogP contribution in [0.15, 0.2) is 6.07 Å². The van der Waals surface area contributed by atoms with Crippen molar-refractivity contribution in [2.45, 2.75) is 18.7 Å². The predicted octanol–water partition coefficient (Wildman–Crippen LogP) is 1.29. The third-order valence-electron chi connectivity index (χ3n) is 2.87. The normalized spacial score (nSPS) is 20.4. The molecule has 100 valence electrons. The van der Waals surface area contributed by atoms with Crippen LogP contribution in [0.25, 0.3) is 0 Å². The van der Waals surface area contributed by atoms with Crippen LogP contribution in [0.4, 0.5) is 13.2 Å². The summed E-state index contributed by atoms with van der Waals surface area (Å²) in [6, 6.07) is 0.725. The molecule has 0 aromatic carbocycles. The number of H-pyrrole nitrogens is 1. The van der Waals surface area contributed by atoms with Crippen LogP contribution >= 0.6 is 0 Å². The van der Waals surface area contributed by atoms with Crippen molar-refractivity contribution in [3.8, 4) is 0 Å². The first-order valence-corrected chi connectivity index (χ1v) is 5.36. The zero-order valence-corrected chi connectivity index (χ0v) is 9.62. The molecule has 8 heteroatoms. The van der Waals surface area contributed by atoms with Crippen LogP contribution in [-0.2, 0) is 10.9 Å². The van der Waals surface area contributed by atoms with Gasteiger partial charge in [-0.1, -0.05) is 0 Å². The molecule has 1 aromatic rings. The van der Waals surface area contributed by atoms with Crippen molar-refractivity contribution in [2.24, 2.45) is 0 Å². The Bertz CT molecular complexity index is 444. The molecule has 0 saturated carbocycles. The largest absolute Gasteiger partial charge is 0.432 e. The Kier molecular flexibility index (Phi) is 3.29. The molecule has 0 unspecified atom stereocenters. The molecule has 5 nitrogen and oxygen atoms in total. The second-order valence-electron chi connectivity index (χ2n) is 4.06. The van der Waals surface area contributed by atoms with Crippen molar-refractivity contribution in [1.82, 2.24) is 15.1 Å². The summed E-state index contributed by atoms with van der Waals surface area (Å²) in [5.41, 5.74) is -1.24. The van der Waals surface area contributed by atoms with E-state index >= 15 is 0 Å². The molecule has 1 atom stereocenters. The van der Waals surface area contributed by atoms with E-state index < -0.39 is 17.8 Å². The van der Waals surface area contributed by atoms with Crippen molar-refractivity contribution in [2.75, 3.05) is 20.2 Å². The van der Waals surface area contributed by atoms with Crippen LogP contribution in [0.5, 0.6) is 0 Å². The molecule has 0 radical (unpaired) electrons. The number of carbonyl (C=O) groups is 1. The number of rotatable bonds is 2. The van der Waals surface area contributed by atoms with Gasteiger partial charge in [0.05, 0.1) is 6.10 Å². The molecule has 1 amide bonds. The number of carbonyl (C=O) groups excluding carboxylic acids is 1. The number of nitrogens with one attached hydrogen (secondary N) is 1. The molecule has 1 saturated heterocycles. The molecule has 18 heavy (non-hydrogen) atoms. The van der Waals surface area contributed by atoms with Gasteiger partial charge in [0.2, 0.25) is 0 Å². The molecule has 1 fully saturated rings. The number of halogens is 3. The highest BCUT2D eigenvalue weighted by molar-refractivity contribution is 5.92. The third-order valence-corrected chi connectivity index (χ3v) is 2.87. The van der Waals surface area contributed by atoms with E-state index in [9.17, 15) is 18.0 Å². The lowest BCUT2D eigenvalue weighted by Crippen LogP contribution is -2.30. The van der Waals surface area contributed by atoms with E-state index in [1.165, 1.54) is 12.0 Å². The molecule has 2 heterocycles. The van der Waals surface area contributed by atoms with Gasteiger partial charge in [0, 0.05) is 26.3 Å². The molecule has 1 aliphatic rings. The van der Waals surface area contributed by atoms with Crippen molar-refractivity contribution >= 4 is 5.91 Å². The molecule has 0 spiro atoms. The fraction of sp³-hybridized carbons (Fsp3) is 0.600. The van der Waals surface area contributed by atoms with Crippen molar-refractivity contribution in [3.63, 3.8) is 0 Å². The van der Waals surface area contributed by atoms with Crippen LogP contribution in [-0.4, -0.2) is 47.3 Å².